The van der Waals surface area contributed by atoms with E-state index < -0.39 is 0 Å². The van der Waals surface area contributed by atoms with Crippen LogP contribution < -0.4 is 10.6 Å². The number of piperidine rings is 1. The lowest BCUT2D eigenvalue weighted by Crippen LogP contribution is -2.34. The SMILES string of the molecule is O=C(NCCNC(=O)c1ccc(CN2CCCCC2)cc1)c1ccc(F)cc1. The van der Waals surface area contributed by atoms with Crippen molar-refractivity contribution in [2.24, 2.45) is 0 Å². The summed E-state index contributed by atoms with van der Waals surface area (Å²) in [5.74, 6) is -0.845. The van der Waals surface area contributed by atoms with Gasteiger partial charge < -0.3 is 10.6 Å². The molecule has 0 saturated carbocycles. The predicted octanol–water partition coefficient (Wildman–Crippen LogP) is 2.97. The Morgan fingerprint density at radius 1 is 0.786 bits per heavy atom. The van der Waals surface area contributed by atoms with Gasteiger partial charge in [-0.05, 0) is 67.9 Å². The number of likely N-dealkylation sites (tertiary alicyclic amines) is 1. The third-order valence-electron chi connectivity index (χ3n) is 4.87. The van der Waals surface area contributed by atoms with Gasteiger partial charge in [-0.25, -0.2) is 4.39 Å². The van der Waals surface area contributed by atoms with Crippen molar-refractivity contribution in [2.75, 3.05) is 26.2 Å². The number of carbonyl (C=O) groups is 2. The van der Waals surface area contributed by atoms with Gasteiger partial charge in [0, 0.05) is 30.8 Å². The summed E-state index contributed by atoms with van der Waals surface area (Å²) in [4.78, 5) is 26.6. The second-order valence-electron chi connectivity index (χ2n) is 7.05. The molecule has 0 unspecified atom stereocenters. The van der Waals surface area contributed by atoms with Crippen molar-refractivity contribution in [1.82, 2.24) is 15.5 Å². The van der Waals surface area contributed by atoms with E-state index >= 15 is 0 Å². The Labute approximate surface area is 164 Å². The first kappa shape index (κ1) is 20.0. The molecule has 0 atom stereocenters. The van der Waals surface area contributed by atoms with Gasteiger partial charge >= 0.3 is 0 Å². The Bertz CT molecular complexity index is 784. The average molecular weight is 383 g/mol. The summed E-state index contributed by atoms with van der Waals surface area (Å²) in [5, 5.41) is 5.49. The summed E-state index contributed by atoms with van der Waals surface area (Å²) in [6.07, 6.45) is 3.84. The van der Waals surface area contributed by atoms with Crippen LogP contribution in [0.2, 0.25) is 0 Å². The number of nitrogens with zero attached hydrogens (tertiary/aromatic N) is 1. The molecule has 2 aromatic carbocycles. The second kappa shape index (κ2) is 9.99. The quantitative estimate of drug-likeness (QED) is 0.723. The molecule has 28 heavy (non-hydrogen) atoms. The molecule has 1 fully saturated rings. The molecule has 1 aliphatic heterocycles. The fourth-order valence-electron chi connectivity index (χ4n) is 3.29. The van der Waals surface area contributed by atoms with Crippen LogP contribution in [0, 0.1) is 5.82 Å². The molecule has 5 nitrogen and oxygen atoms in total. The van der Waals surface area contributed by atoms with E-state index in [1.165, 1.54) is 49.1 Å². The first-order valence-electron chi connectivity index (χ1n) is 9.75. The Morgan fingerprint density at radius 2 is 1.29 bits per heavy atom. The maximum atomic E-state index is 12.9. The molecule has 6 heteroatoms. The second-order valence-corrected chi connectivity index (χ2v) is 7.05. The van der Waals surface area contributed by atoms with Crippen LogP contribution in [0.5, 0.6) is 0 Å². The molecule has 0 aromatic heterocycles. The molecule has 0 radical (unpaired) electrons. The highest BCUT2D eigenvalue weighted by Gasteiger charge is 2.11. The average Bonchev–Trinajstić information content (AvgIpc) is 2.72. The highest BCUT2D eigenvalue weighted by molar-refractivity contribution is 5.95. The van der Waals surface area contributed by atoms with Gasteiger partial charge in [-0.2, -0.15) is 0 Å². The molecule has 1 aliphatic rings. The smallest absolute Gasteiger partial charge is 0.251 e. The zero-order chi connectivity index (χ0) is 19.8. The molecular formula is C22H26FN3O2. The summed E-state index contributed by atoms with van der Waals surface area (Å²) in [6, 6.07) is 13.0. The standard InChI is InChI=1S/C22H26FN3O2/c23-20-10-8-19(9-11-20)22(28)25-13-12-24-21(27)18-6-4-17(5-7-18)16-26-14-2-1-3-15-26/h4-11H,1-3,12-16H2,(H,24,27)(H,25,28). The van der Waals surface area contributed by atoms with Gasteiger partial charge in [0.15, 0.2) is 0 Å². The number of benzene rings is 2. The fraction of sp³-hybridized carbons (Fsp3) is 0.364. The van der Waals surface area contributed by atoms with Gasteiger partial charge in [-0.3, -0.25) is 14.5 Å². The summed E-state index contributed by atoms with van der Waals surface area (Å²) >= 11 is 0. The highest BCUT2D eigenvalue weighted by atomic mass is 19.1. The number of hydrogen-bond donors (Lipinski definition) is 2. The maximum absolute atomic E-state index is 12.9. The van der Waals surface area contributed by atoms with Crippen molar-refractivity contribution in [3.8, 4) is 0 Å². The lowest BCUT2D eigenvalue weighted by molar-refractivity contribution is 0.0927. The summed E-state index contributed by atoms with van der Waals surface area (Å²) in [6.45, 7) is 3.84. The van der Waals surface area contributed by atoms with E-state index in [0.29, 0.717) is 24.2 Å². The molecule has 3 rings (SSSR count). The van der Waals surface area contributed by atoms with E-state index in [0.717, 1.165) is 19.6 Å². The minimum atomic E-state index is -0.384. The first-order valence-corrected chi connectivity index (χ1v) is 9.75. The molecule has 148 valence electrons. The number of rotatable bonds is 7. The van der Waals surface area contributed by atoms with Crippen LogP contribution in [-0.4, -0.2) is 42.9 Å². The van der Waals surface area contributed by atoms with Crippen molar-refractivity contribution < 1.29 is 14.0 Å². The number of nitrogens with one attached hydrogen (secondary N) is 2. The third kappa shape index (κ3) is 5.89. The van der Waals surface area contributed by atoms with Gasteiger partial charge in [-0.1, -0.05) is 18.6 Å². The topological polar surface area (TPSA) is 61.4 Å². The van der Waals surface area contributed by atoms with Crippen molar-refractivity contribution in [3.63, 3.8) is 0 Å². The first-order chi connectivity index (χ1) is 13.6. The third-order valence-corrected chi connectivity index (χ3v) is 4.87. The Balaban J connectivity index is 1.39. The molecule has 1 heterocycles. The molecule has 2 N–H and O–H groups in total. The summed E-state index contributed by atoms with van der Waals surface area (Å²) < 4.78 is 12.9. The predicted molar refractivity (Wildman–Crippen MR) is 107 cm³/mol. The van der Waals surface area contributed by atoms with E-state index in [9.17, 15) is 14.0 Å². The Kier molecular flexibility index (Phi) is 7.14. The highest BCUT2D eigenvalue weighted by Crippen LogP contribution is 2.13. The van der Waals surface area contributed by atoms with E-state index in [4.69, 9.17) is 0 Å². The summed E-state index contributed by atoms with van der Waals surface area (Å²) in [5.41, 5.74) is 2.20. The Hall–Kier alpha value is -2.73. The van der Waals surface area contributed by atoms with Crippen LogP contribution in [0.15, 0.2) is 48.5 Å². The van der Waals surface area contributed by atoms with Gasteiger partial charge in [0.1, 0.15) is 5.82 Å². The largest absolute Gasteiger partial charge is 0.350 e. The van der Waals surface area contributed by atoms with E-state index in [-0.39, 0.29) is 17.6 Å². The lowest BCUT2D eigenvalue weighted by Gasteiger charge is -2.26. The Morgan fingerprint density at radius 3 is 1.82 bits per heavy atom. The van der Waals surface area contributed by atoms with Crippen LogP contribution in [0.1, 0.15) is 45.5 Å². The fourth-order valence-corrected chi connectivity index (χ4v) is 3.29. The normalized spacial score (nSPS) is 14.5. The molecule has 0 spiro atoms. The van der Waals surface area contributed by atoms with Gasteiger partial charge in [-0.15, -0.1) is 0 Å². The number of carbonyl (C=O) groups excluding carboxylic acids is 2. The number of hydrogen-bond acceptors (Lipinski definition) is 3. The zero-order valence-electron chi connectivity index (χ0n) is 15.9. The van der Waals surface area contributed by atoms with Gasteiger partial charge in [0.25, 0.3) is 11.8 Å². The van der Waals surface area contributed by atoms with Crippen LogP contribution >= 0.6 is 0 Å². The molecule has 2 amide bonds. The number of amides is 2. The minimum Gasteiger partial charge on any atom is -0.350 e. The molecule has 0 bridgehead atoms. The van der Waals surface area contributed by atoms with Crippen molar-refractivity contribution in [2.45, 2.75) is 25.8 Å². The maximum Gasteiger partial charge on any atom is 0.251 e. The van der Waals surface area contributed by atoms with E-state index in [1.54, 1.807) is 0 Å². The van der Waals surface area contributed by atoms with E-state index in [1.807, 2.05) is 24.3 Å². The minimum absolute atomic E-state index is 0.166. The number of halogens is 1. The molecule has 2 aromatic rings. The van der Waals surface area contributed by atoms with Gasteiger partial charge in [0.2, 0.25) is 0 Å². The molecular weight excluding hydrogens is 357 g/mol. The van der Waals surface area contributed by atoms with Crippen LogP contribution in [0.3, 0.4) is 0 Å². The van der Waals surface area contributed by atoms with Crippen molar-refractivity contribution in [3.05, 3.63) is 71.0 Å². The van der Waals surface area contributed by atoms with Crippen LogP contribution in [0.25, 0.3) is 0 Å². The lowest BCUT2D eigenvalue weighted by atomic mass is 10.1. The molecule has 1 saturated heterocycles. The van der Waals surface area contributed by atoms with Crippen molar-refractivity contribution >= 4 is 11.8 Å². The van der Waals surface area contributed by atoms with Crippen LogP contribution in [0.4, 0.5) is 4.39 Å². The van der Waals surface area contributed by atoms with Crippen molar-refractivity contribution in [1.29, 1.82) is 0 Å². The van der Waals surface area contributed by atoms with Gasteiger partial charge in [0.05, 0.1) is 0 Å². The van der Waals surface area contributed by atoms with E-state index in [2.05, 4.69) is 15.5 Å². The monoisotopic (exact) mass is 383 g/mol. The summed E-state index contributed by atoms with van der Waals surface area (Å²) in [7, 11) is 0. The zero-order valence-corrected chi connectivity index (χ0v) is 15.9. The molecule has 0 aliphatic carbocycles. The van der Waals surface area contributed by atoms with Crippen LogP contribution in [-0.2, 0) is 6.54 Å².